The van der Waals surface area contributed by atoms with Crippen LogP contribution in [-0.2, 0) is 0 Å². The van der Waals surface area contributed by atoms with Crippen molar-refractivity contribution in [3.8, 4) is 16.9 Å². The summed E-state index contributed by atoms with van der Waals surface area (Å²) in [7, 11) is 1.64. The maximum absolute atomic E-state index is 6.16. The third-order valence-electron chi connectivity index (χ3n) is 2.86. The minimum atomic E-state index is 0.598. The Hall–Kier alpha value is -2.00. The molecule has 90 valence electrons. The summed E-state index contributed by atoms with van der Waals surface area (Å²) in [6.45, 7) is 0. The van der Waals surface area contributed by atoms with Crippen LogP contribution < -0.4 is 4.74 Å². The molecule has 0 saturated carbocycles. The minimum absolute atomic E-state index is 0.598. The molecule has 3 aromatic rings. The van der Waals surface area contributed by atoms with E-state index in [-0.39, 0.29) is 0 Å². The zero-order chi connectivity index (χ0) is 12.5. The lowest BCUT2D eigenvalue weighted by atomic mass is 10.0. The summed E-state index contributed by atoms with van der Waals surface area (Å²) < 4.78 is 10.8. The van der Waals surface area contributed by atoms with Gasteiger partial charge in [-0.1, -0.05) is 11.6 Å². The van der Waals surface area contributed by atoms with E-state index in [1.165, 1.54) is 0 Å². The Labute approximate surface area is 109 Å². The van der Waals surface area contributed by atoms with Gasteiger partial charge in [-0.2, -0.15) is 0 Å². The molecule has 0 aliphatic rings. The molecule has 18 heavy (non-hydrogen) atoms. The molecule has 0 aliphatic carbocycles. The summed E-state index contributed by atoms with van der Waals surface area (Å²) in [5.41, 5.74) is 2.60. The number of ether oxygens (including phenoxy) is 1. The largest absolute Gasteiger partial charge is 0.496 e. The van der Waals surface area contributed by atoms with Crippen LogP contribution >= 0.6 is 11.6 Å². The van der Waals surface area contributed by atoms with Gasteiger partial charge in [-0.05, 0) is 24.3 Å². The number of nitrogens with zero attached hydrogens (tertiary/aromatic N) is 1. The number of halogens is 1. The van der Waals surface area contributed by atoms with E-state index in [0.29, 0.717) is 5.02 Å². The average molecular weight is 260 g/mol. The topological polar surface area (TPSA) is 35.3 Å². The van der Waals surface area contributed by atoms with Crippen LogP contribution in [0.1, 0.15) is 0 Å². The van der Waals surface area contributed by atoms with Crippen molar-refractivity contribution >= 4 is 22.6 Å². The molecule has 0 spiro atoms. The molecular formula is C14H10ClNO2. The molecule has 0 amide bonds. The van der Waals surface area contributed by atoms with Gasteiger partial charge in [0.25, 0.3) is 0 Å². The number of pyridine rings is 1. The van der Waals surface area contributed by atoms with Crippen LogP contribution in [0.3, 0.4) is 0 Å². The van der Waals surface area contributed by atoms with Gasteiger partial charge in [-0.25, -0.2) is 0 Å². The summed E-state index contributed by atoms with van der Waals surface area (Å²) in [5.74, 6) is 0.785. The Morgan fingerprint density at radius 1 is 1.17 bits per heavy atom. The molecule has 2 heterocycles. The molecule has 0 radical (unpaired) electrons. The summed E-state index contributed by atoms with van der Waals surface area (Å²) in [6.07, 6.45) is 4.97. The second-order valence-electron chi connectivity index (χ2n) is 3.83. The van der Waals surface area contributed by atoms with Crippen LogP contribution in [-0.4, -0.2) is 12.1 Å². The summed E-state index contributed by atoms with van der Waals surface area (Å²) >= 11 is 6.16. The van der Waals surface area contributed by atoms with E-state index >= 15 is 0 Å². The smallest absolute Gasteiger partial charge is 0.145 e. The molecular weight excluding hydrogens is 250 g/mol. The predicted molar refractivity (Wildman–Crippen MR) is 71.0 cm³/mol. The Balaban J connectivity index is 2.31. The first kappa shape index (κ1) is 11.1. The van der Waals surface area contributed by atoms with Gasteiger partial charge in [0.1, 0.15) is 11.3 Å². The zero-order valence-corrected chi connectivity index (χ0v) is 10.4. The van der Waals surface area contributed by atoms with Gasteiger partial charge in [-0.3, -0.25) is 4.98 Å². The minimum Gasteiger partial charge on any atom is -0.496 e. The average Bonchev–Trinajstić information content (AvgIpc) is 2.88. The van der Waals surface area contributed by atoms with Gasteiger partial charge in [-0.15, -0.1) is 0 Å². The second-order valence-corrected chi connectivity index (χ2v) is 4.24. The summed E-state index contributed by atoms with van der Waals surface area (Å²) in [5, 5.41) is 1.53. The van der Waals surface area contributed by atoms with Gasteiger partial charge in [0.05, 0.1) is 23.8 Å². The van der Waals surface area contributed by atoms with Crippen molar-refractivity contribution in [2.45, 2.75) is 0 Å². The van der Waals surface area contributed by atoms with Gasteiger partial charge in [0.2, 0.25) is 0 Å². The molecule has 0 bridgehead atoms. The highest BCUT2D eigenvalue weighted by molar-refractivity contribution is 6.33. The standard InChI is InChI=1S/C14H10ClNO2/c1-17-13-3-2-10(14-11(13)5-7-18-14)9-4-6-16-8-12(9)15/h2-8H,1H3. The second kappa shape index (κ2) is 4.35. The third kappa shape index (κ3) is 1.64. The predicted octanol–water partition coefficient (Wildman–Crippen LogP) is 4.16. The highest BCUT2D eigenvalue weighted by Crippen LogP contribution is 2.37. The SMILES string of the molecule is COc1ccc(-c2ccncc2Cl)c2occc12. The number of fused-ring (bicyclic) bond motifs is 1. The van der Waals surface area contributed by atoms with Crippen molar-refractivity contribution in [3.05, 3.63) is 47.9 Å². The van der Waals surface area contributed by atoms with Crippen LogP contribution in [0.2, 0.25) is 5.02 Å². The van der Waals surface area contributed by atoms with Crippen LogP contribution in [0.15, 0.2) is 47.3 Å². The lowest BCUT2D eigenvalue weighted by Crippen LogP contribution is -1.86. The van der Waals surface area contributed by atoms with E-state index in [9.17, 15) is 0 Å². The maximum atomic E-state index is 6.16. The monoisotopic (exact) mass is 259 g/mol. The molecule has 0 fully saturated rings. The number of hydrogen-bond acceptors (Lipinski definition) is 3. The zero-order valence-electron chi connectivity index (χ0n) is 9.68. The van der Waals surface area contributed by atoms with Gasteiger partial charge in [0.15, 0.2) is 0 Å². The molecule has 0 unspecified atom stereocenters. The van der Waals surface area contributed by atoms with Crippen molar-refractivity contribution in [1.29, 1.82) is 0 Å². The number of rotatable bonds is 2. The molecule has 4 heteroatoms. The van der Waals surface area contributed by atoms with Gasteiger partial charge < -0.3 is 9.15 Å². The number of methoxy groups -OCH3 is 1. The molecule has 0 N–H and O–H groups in total. The molecule has 0 atom stereocenters. The van der Waals surface area contributed by atoms with Crippen LogP contribution in [0, 0.1) is 0 Å². The Kier molecular flexibility index (Phi) is 2.68. The van der Waals surface area contributed by atoms with E-state index < -0.39 is 0 Å². The molecule has 0 saturated heterocycles. The lowest BCUT2D eigenvalue weighted by molar-refractivity contribution is 0.419. The number of furan rings is 1. The third-order valence-corrected chi connectivity index (χ3v) is 3.16. The van der Waals surface area contributed by atoms with Crippen molar-refractivity contribution in [2.75, 3.05) is 7.11 Å². The molecule has 3 nitrogen and oxygen atoms in total. The maximum Gasteiger partial charge on any atom is 0.145 e. The first-order valence-electron chi connectivity index (χ1n) is 5.45. The fraction of sp³-hybridized carbons (Fsp3) is 0.0714. The number of hydrogen-bond donors (Lipinski definition) is 0. The van der Waals surface area contributed by atoms with Crippen molar-refractivity contribution in [3.63, 3.8) is 0 Å². The molecule has 2 aromatic heterocycles. The number of benzene rings is 1. The Morgan fingerprint density at radius 3 is 2.83 bits per heavy atom. The fourth-order valence-electron chi connectivity index (χ4n) is 2.02. The molecule has 1 aromatic carbocycles. The van der Waals surface area contributed by atoms with Crippen molar-refractivity contribution in [2.24, 2.45) is 0 Å². The molecule has 3 rings (SSSR count). The summed E-state index contributed by atoms with van der Waals surface area (Å²) in [4.78, 5) is 3.98. The van der Waals surface area contributed by atoms with E-state index in [1.807, 2.05) is 24.3 Å². The fourth-order valence-corrected chi connectivity index (χ4v) is 2.24. The van der Waals surface area contributed by atoms with Crippen LogP contribution in [0.4, 0.5) is 0 Å². The van der Waals surface area contributed by atoms with Crippen LogP contribution in [0.5, 0.6) is 5.75 Å². The van der Waals surface area contributed by atoms with E-state index in [1.54, 1.807) is 25.8 Å². The highest BCUT2D eigenvalue weighted by atomic mass is 35.5. The first-order valence-corrected chi connectivity index (χ1v) is 5.83. The first-order chi connectivity index (χ1) is 8.81. The van der Waals surface area contributed by atoms with Gasteiger partial charge in [0, 0.05) is 23.5 Å². The van der Waals surface area contributed by atoms with Crippen molar-refractivity contribution < 1.29 is 9.15 Å². The normalized spacial score (nSPS) is 10.8. The quantitative estimate of drug-likeness (QED) is 0.693. The Bertz CT molecular complexity index is 706. The van der Waals surface area contributed by atoms with E-state index in [2.05, 4.69) is 4.98 Å². The van der Waals surface area contributed by atoms with Gasteiger partial charge >= 0.3 is 0 Å². The van der Waals surface area contributed by atoms with Crippen LogP contribution in [0.25, 0.3) is 22.1 Å². The molecule has 0 aliphatic heterocycles. The summed E-state index contributed by atoms with van der Waals surface area (Å²) in [6, 6.07) is 7.59. The highest BCUT2D eigenvalue weighted by Gasteiger charge is 2.13. The lowest BCUT2D eigenvalue weighted by Gasteiger charge is -2.07. The van der Waals surface area contributed by atoms with E-state index in [4.69, 9.17) is 20.8 Å². The van der Waals surface area contributed by atoms with E-state index in [0.717, 1.165) is 27.8 Å². The Morgan fingerprint density at radius 2 is 2.06 bits per heavy atom. The number of aromatic nitrogens is 1. The van der Waals surface area contributed by atoms with Crippen molar-refractivity contribution in [1.82, 2.24) is 4.98 Å².